The van der Waals surface area contributed by atoms with Crippen LogP contribution in [0.1, 0.15) is 36.3 Å². The van der Waals surface area contributed by atoms with Crippen LogP contribution in [0, 0.1) is 6.92 Å². The number of likely N-dealkylation sites (N-methyl/N-ethyl adjacent to an activating group) is 1. The Morgan fingerprint density at radius 1 is 1.44 bits per heavy atom. The number of rotatable bonds is 5. The fourth-order valence-corrected chi connectivity index (χ4v) is 3.09. The van der Waals surface area contributed by atoms with Crippen molar-refractivity contribution in [2.24, 2.45) is 0 Å². The van der Waals surface area contributed by atoms with Crippen molar-refractivity contribution >= 4 is 5.91 Å². The Labute approximate surface area is 148 Å². The van der Waals surface area contributed by atoms with Crippen LogP contribution in [-0.2, 0) is 9.53 Å². The van der Waals surface area contributed by atoms with E-state index in [0.717, 1.165) is 17.9 Å². The van der Waals surface area contributed by atoms with Gasteiger partial charge in [0.05, 0.1) is 13.2 Å². The standard InChI is InChI=1S/C18H25N5O2/c1-4-22(3)16(14-8-6-5-7-9-14)18(24)23-10-11-25-15(12-23)17-19-13(2)20-21-17/h5-9,15-16H,4,10-12H2,1-3H3,(H,19,20,21)/t15-,16+/m1/s1. The molecule has 7 nitrogen and oxygen atoms in total. The Morgan fingerprint density at radius 2 is 2.20 bits per heavy atom. The summed E-state index contributed by atoms with van der Waals surface area (Å²) in [4.78, 5) is 21.5. The van der Waals surface area contributed by atoms with Crippen LogP contribution in [-0.4, -0.2) is 64.2 Å². The van der Waals surface area contributed by atoms with E-state index in [4.69, 9.17) is 4.74 Å². The first kappa shape index (κ1) is 17.6. The zero-order valence-corrected chi connectivity index (χ0v) is 15.0. The Hall–Kier alpha value is -2.25. The Bertz CT molecular complexity index is 703. The molecule has 25 heavy (non-hydrogen) atoms. The first-order chi connectivity index (χ1) is 12.1. The summed E-state index contributed by atoms with van der Waals surface area (Å²) in [6, 6.07) is 9.62. The van der Waals surface area contributed by atoms with Crippen LogP contribution in [0.5, 0.6) is 0 Å². The molecular formula is C18H25N5O2. The third-order valence-electron chi connectivity index (χ3n) is 4.57. The summed E-state index contributed by atoms with van der Waals surface area (Å²) in [5, 5.41) is 7.01. The molecule has 1 aromatic carbocycles. The van der Waals surface area contributed by atoms with Crippen LogP contribution < -0.4 is 0 Å². The second-order valence-electron chi connectivity index (χ2n) is 6.31. The van der Waals surface area contributed by atoms with Gasteiger partial charge in [-0.3, -0.25) is 14.8 Å². The molecule has 3 rings (SSSR count). The van der Waals surface area contributed by atoms with Crippen LogP contribution >= 0.6 is 0 Å². The lowest BCUT2D eigenvalue weighted by Crippen LogP contribution is -2.47. The van der Waals surface area contributed by atoms with Gasteiger partial charge in [-0.15, -0.1) is 0 Å². The lowest BCUT2D eigenvalue weighted by Gasteiger charge is -2.36. The van der Waals surface area contributed by atoms with Gasteiger partial charge in [-0.25, -0.2) is 4.98 Å². The summed E-state index contributed by atoms with van der Waals surface area (Å²) in [6.45, 7) is 6.24. The van der Waals surface area contributed by atoms with Crippen LogP contribution in [0.3, 0.4) is 0 Å². The molecule has 1 amide bonds. The molecule has 7 heteroatoms. The number of aryl methyl sites for hydroxylation is 1. The van der Waals surface area contributed by atoms with Crippen molar-refractivity contribution in [3.8, 4) is 0 Å². The minimum absolute atomic E-state index is 0.0936. The number of aromatic amines is 1. The number of aromatic nitrogens is 3. The molecule has 1 aliphatic heterocycles. The zero-order chi connectivity index (χ0) is 17.8. The number of carbonyl (C=O) groups excluding carboxylic acids is 1. The van der Waals surface area contributed by atoms with Gasteiger partial charge in [0.2, 0.25) is 5.91 Å². The molecule has 1 N–H and O–H groups in total. The maximum Gasteiger partial charge on any atom is 0.244 e. The van der Waals surface area contributed by atoms with Gasteiger partial charge >= 0.3 is 0 Å². The number of carbonyl (C=O) groups is 1. The van der Waals surface area contributed by atoms with Crippen LogP contribution in [0.25, 0.3) is 0 Å². The second-order valence-corrected chi connectivity index (χ2v) is 6.31. The molecule has 2 heterocycles. The van der Waals surface area contributed by atoms with Crippen molar-refractivity contribution in [3.05, 3.63) is 47.5 Å². The van der Waals surface area contributed by atoms with Crippen molar-refractivity contribution < 1.29 is 9.53 Å². The predicted octanol–water partition coefficient (Wildman–Crippen LogP) is 1.71. The molecule has 0 bridgehead atoms. The summed E-state index contributed by atoms with van der Waals surface area (Å²) in [5.74, 6) is 1.45. The highest BCUT2D eigenvalue weighted by Crippen LogP contribution is 2.26. The van der Waals surface area contributed by atoms with E-state index in [1.165, 1.54) is 0 Å². The Balaban J connectivity index is 1.79. The van der Waals surface area contributed by atoms with E-state index in [9.17, 15) is 4.79 Å². The largest absolute Gasteiger partial charge is 0.366 e. The average molecular weight is 343 g/mol. The maximum absolute atomic E-state index is 13.3. The normalized spacial score (nSPS) is 19.2. The molecule has 0 radical (unpaired) electrons. The van der Waals surface area contributed by atoms with Gasteiger partial charge in [0.1, 0.15) is 18.0 Å². The van der Waals surface area contributed by atoms with Crippen molar-refractivity contribution in [3.63, 3.8) is 0 Å². The van der Waals surface area contributed by atoms with Gasteiger partial charge < -0.3 is 9.64 Å². The second kappa shape index (κ2) is 7.76. The summed E-state index contributed by atoms with van der Waals surface area (Å²) >= 11 is 0. The highest BCUT2D eigenvalue weighted by Gasteiger charge is 2.33. The summed E-state index contributed by atoms with van der Waals surface area (Å²) < 4.78 is 5.78. The first-order valence-electron chi connectivity index (χ1n) is 8.64. The SMILES string of the molecule is CCN(C)[C@H](C(=O)N1CCO[C@@H](c2n[nH]c(C)n2)C1)c1ccccc1. The van der Waals surface area contributed by atoms with Crippen LogP contribution in [0.15, 0.2) is 30.3 Å². The molecule has 1 fully saturated rings. The number of morpholine rings is 1. The summed E-state index contributed by atoms with van der Waals surface area (Å²) in [5.41, 5.74) is 1.01. The molecular weight excluding hydrogens is 318 g/mol. The number of amides is 1. The molecule has 1 aliphatic rings. The zero-order valence-electron chi connectivity index (χ0n) is 15.0. The van der Waals surface area contributed by atoms with Gasteiger partial charge in [0, 0.05) is 6.54 Å². The van der Waals surface area contributed by atoms with E-state index in [1.54, 1.807) is 0 Å². The topological polar surface area (TPSA) is 74.3 Å². The molecule has 0 saturated carbocycles. The Kier molecular flexibility index (Phi) is 5.45. The van der Waals surface area contributed by atoms with Crippen molar-refractivity contribution in [1.29, 1.82) is 0 Å². The molecule has 0 aliphatic carbocycles. The van der Waals surface area contributed by atoms with Gasteiger partial charge in [-0.05, 0) is 26.1 Å². The van der Waals surface area contributed by atoms with Gasteiger partial charge in [0.25, 0.3) is 0 Å². The van der Waals surface area contributed by atoms with Crippen LogP contribution in [0.4, 0.5) is 0 Å². The Morgan fingerprint density at radius 3 is 2.84 bits per heavy atom. The lowest BCUT2D eigenvalue weighted by molar-refractivity contribution is -0.144. The molecule has 2 atom stereocenters. The third kappa shape index (κ3) is 3.88. The van der Waals surface area contributed by atoms with E-state index < -0.39 is 0 Å². The molecule has 0 unspecified atom stereocenters. The average Bonchev–Trinajstić information content (AvgIpc) is 3.09. The van der Waals surface area contributed by atoms with E-state index in [-0.39, 0.29) is 18.1 Å². The fourth-order valence-electron chi connectivity index (χ4n) is 3.09. The van der Waals surface area contributed by atoms with Crippen molar-refractivity contribution in [2.75, 3.05) is 33.3 Å². The monoisotopic (exact) mass is 343 g/mol. The van der Waals surface area contributed by atoms with E-state index in [2.05, 4.69) is 27.0 Å². The minimum Gasteiger partial charge on any atom is -0.366 e. The molecule has 0 spiro atoms. The number of hydrogen-bond donors (Lipinski definition) is 1. The number of H-pyrrole nitrogens is 1. The number of hydrogen-bond acceptors (Lipinski definition) is 5. The minimum atomic E-state index is -0.293. The van der Waals surface area contributed by atoms with Crippen molar-refractivity contribution in [1.82, 2.24) is 25.0 Å². The van der Waals surface area contributed by atoms with Gasteiger partial charge in [-0.2, -0.15) is 5.10 Å². The smallest absolute Gasteiger partial charge is 0.244 e. The van der Waals surface area contributed by atoms with Crippen LogP contribution in [0.2, 0.25) is 0 Å². The van der Waals surface area contributed by atoms with Gasteiger partial charge in [-0.1, -0.05) is 37.3 Å². The van der Waals surface area contributed by atoms with E-state index in [0.29, 0.717) is 25.5 Å². The third-order valence-corrected chi connectivity index (χ3v) is 4.57. The number of ether oxygens (including phenoxy) is 1. The van der Waals surface area contributed by atoms with Gasteiger partial charge in [0.15, 0.2) is 5.82 Å². The number of nitrogens with one attached hydrogen (secondary N) is 1. The maximum atomic E-state index is 13.3. The predicted molar refractivity (Wildman–Crippen MR) is 93.9 cm³/mol. The molecule has 1 aromatic heterocycles. The summed E-state index contributed by atoms with van der Waals surface area (Å²) in [6.07, 6.45) is -0.286. The lowest BCUT2D eigenvalue weighted by atomic mass is 10.0. The van der Waals surface area contributed by atoms with E-state index in [1.807, 2.05) is 49.2 Å². The first-order valence-corrected chi connectivity index (χ1v) is 8.64. The molecule has 134 valence electrons. The number of benzene rings is 1. The van der Waals surface area contributed by atoms with Crippen molar-refractivity contribution in [2.45, 2.75) is 26.0 Å². The summed E-state index contributed by atoms with van der Waals surface area (Å²) in [7, 11) is 1.98. The fraction of sp³-hybridized carbons (Fsp3) is 0.500. The highest BCUT2D eigenvalue weighted by atomic mass is 16.5. The molecule has 2 aromatic rings. The molecule has 1 saturated heterocycles. The van der Waals surface area contributed by atoms with E-state index >= 15 is 0 Å². The highest BCUT2D eigenvalue weighted by molar-refractivity contribution is 5.83. The number of nitrogens with zero attached hydrogens (tertiary/aromatic N) is 4. The quantitative estimate of drug-likeness (QED) is 0.894.